The summed E-state index contributed by atoms with van der Waals surface area (Å²) in [5.41, 5.74) is 8.09. The van der Waals surface area contributed by atoms with E-state index in [1.165, 1.54) is 0 Å². The number of methoxy groups -OCH3 is 1. The second-order valence-electron chi connectivity index (χ2n) is 4.03. The van der Waals surface area contributed by atoms with Crippen molar-refractivity contribution < 1.29 is 4.74 Å². The molecule has 0 heterocycles. The van der Waals surface area contributed by atoms with Gasteiger partial charge in [-0.1, -0.05) is 23.8 Å². The molecule has 0 fully saturated rings. The van der Waals surface area contributed by atoms with E-state index >= 15 is 0 Å². The van der Waals surface area contributed by atoms with Crippen molar-refractivity contribution in [1.82, 2.24) is 0 Å². The SMILES string of the molecule is COc1ccc(C(N)=S)c(Nc2ccc(Br)c(Cl)c2)c1. The fourth-order valence-corrected chi connectivity index (χ4v) is 2.30. The molecule has 20 heavy (non-hydrogen) atoms. The second-order valence-corrected chi connectivity index (χ2v) is 5.73. The lowest BCUT2D eigenvalue weighted by Gasteiger charge is -2.13. The lowest BCUT2D eigenvalue weighted by Crippen LogP contribution is -2.12. The Bertz CT molecular complexity index is 664. The zero-order valence-corrected chi connectivity index (χ0v) is 13.8. The van der Waals surface area contributed by atoms with Crippen LogP contribution in [0.3, 0.4) is 0 Å². The van der Waals surface area contributed by atoms with E-state index in [9.17, 15) is 0 Å². The minimum absolute atomic E-state index is 0.318. The summed E-state index contributed by atoms with van der Waals surface area (Å²) in [7, 11) is 1.61. The van der Waals surface area contributed by atoms with E-state index in [0.717, 1.165) is 27.2 Å². The molecule has 0 saturated heterocycles. The molecule has 0 aromatic heterocycles. The quantitative estimate of drug-likeness (QED) is 0.777. The average Bonchev–Trinajstić information content (AvgIpc) is 2.42. The highest BCUT2D eigenvalue weighted by Crippen LogP contribution is 2.30. The number of anilines is 2. The number of hydrogen-bond acceptors (Lipinski definition) is 3. The number of nitrogens with two attached hydrogens (primary N) is 1. The van der Waals surface area contributed by atoms with Gasteiger partial charge < -0.3 is 15.8 Å². The molecule has 0 saturated carbocycles. The number of thiocarbonyl (C=S) groups is 1. The van der Waals surface area contributed by atoms with Crippen molar-refractivity contribution in [2.45, 2.75) is 0 Å². The lowest BCUT2D eigenvalue weighted by atomic mass is 10.1. The van der Waals surface area contributed by atoms with Gasteiger partial charge in [0.25, 0.3) is 0 Å². The lowest BCUT2D eigenvalue weighted by molar-refractivity contribution is 0.415. The van der Waals surface area contributed by atoms with E-state index in [-0.39, 0.29) is 0 Å². The molecule has 0 aliphatic rings. The van der Waals surface area contributed by atoms with Crippen molar-refractivity contribution in [1.29, 1.82) is 0 Å². The highest BCUT2D eigenvalue weighted by atomic mass is 79.9. The molecule has 0 unspecified atom stereocenters. The predicted molar refractivity (Wildman–Crippen MR) is 91.3 cm³/mol. The first kappa shape index (κ1) is 15.1. The molecule has 0 aliphatic heterocycles. The summed E-state index contributed by atoms with van der Waals surface area (Å²) >= 11 is 14.5. The molecule has 3 N–H and O–H groups in total. The Labute approximate surface area is 136 Å². The van der Waals surface area contributed by atoms with Crippen LogP contribution < -0.4 is 15.8 Å². The molecule has 0 radical (unpaired) electrons. The summed E-state index contributed by atoms with van der Waals surface area (Å²) in [5, 5.41) is 3.86. The summed E-state index contributed by atoms with van der Waals surface area (Å²) in [5.74, 6) is 0.718. The third-order valence-electron chi connectivity index (χ3n) is 2.69. The fraction of sp³-hybridized carbons (Fsp3) is 0.0714. The van der Waals surface area contributed by atoms with Gasteiger partial charge in [-0.05, 0) is 46.3 Å². The van der Waals surface area contributed by atoms with Crippen LogP contribution in [0.5, 0.6) is 5.75 Å². The average molecular weight is 372 g/mol. The van der Waals surface area contributed by atoms with Crippen molar-refractivity contribution in [3.8, 4) is 5.75 Å². The zero-order chi connectivity index (χ0) is 14.7. The smallest absolute Gasteiger partial charge is 0.120 e. The molecule has 3 nitrogen and oxygen atoms in total. The van der Waals surface area contributed by atoms with Crippen molar-refractivity contribution in [3.63, 3.8) is 0 Å². The van der Waals surface area contributed by atoms with E-state index in [1.54, 1.807) is 7.11 Å². The van der Waals surface area contributed by atoms with Crippen LogP contribution in [0.15, 0.2) is 40.9 Å². The van der Waals surface area contributed by atoms with Gasteiger partial charge in [-0.25, -0.2) is 0 Å². The Morgan fingerprint density at radius 3 is 2.65 bits per heavy atom. The van der Waals surface area contributed by atoms with Crippen molar-refractivity contribution in [2.75, 3.05) is 12.4 Å². The largest absolute Gasteiger partial charge is 0.497 e. The predicted octanol–water partition coefficient (Wildman–Crippen LogP) is 4.49. The Morgan fingerprint density at radius 1 is 1.30 bits per heavy atom. The Kier molecular flexibility index (Phi) is 4.86. The minimum atomic E-state index is 0.318. The van der Waals surface area contributed by atoms with Crippen LogP contribution in [0.4, 0.5) is 11.4 Å². The standard InChI is InChI=1S/C14H12BrClN2OS/c1-19-9-3-4-10(14(17)20)13(7-9)18-8-2-5-11(15)12(16)6-8/h2-7,18H,1H3,(H2,17,20). The highest BCUT2D eigenvalue weighted by molar-refractivity contribution is 9.10. The van der Waals surface area contributed by atoms with Gasteiger partial charge in [-0.2, -0.15) is 0 Å². The summed E-state index contributed by atoms with van der Waals surface area (Å²) in [4.78, 5) is 0.318. The van der Waals surface area contributed by atoms with Crippen LogP contribution in [-0.4, -0.2) is 12.1 Å². The number of rotatable bonds is 4. The van der Waals surface area contributed by atoms with Gasteiger partial charge in [0.1, 0.15) is 10.7 Å². The van der Waals surface area contributed by atoms with Crippen molar-refractivity contribution in [3.05, 3.63) is 51.5 Å². The highest BCUT2D eigenvalue weighted by Gasteiger charge is 2.08. The van der Waals surface area contributed by atoms with Crippen LogP contribution in [0.2, 0.25) is 5.02 Å². The maximum absolute atomic E-state index is 6.08. The third-order valence-corrected chi connectivity index (χ3v) is 4.14. The van der Waals surface area contributed by atoms with Gasteiger partial charge in [-0.3, -0.25) is 0 Å². The molecular weight excluding hydrogens is 360 g/mol. The third kappa shape index (κ3) is 3.42. The molecule has 0 spiro atoms. The molecule has 0 bridgehead atoms. The normalized spacial score (nSPS) is 10.2. The molecule has 2 aromatic carbocycles. The monoisotopic (exact) mass is 370 g/mol. The first-order chi connectivity index (χ1) is 9.51. The van der Waals surface area contributed by atoms with E-state index in [2.05, 4.69) is 21.2 Å². The Morgan fingerprint density at radius 2 is 2.05 bits per heavy atom. The number of halogens is 2. The van der Waals surface area contributed by atoms with Crippen LogP contribution in [0, 0.1) is 0 Å². The van der Waals surface area contributed by atoms with E-state index in [4.69, 9.17) is 34.3 Å². The maximum atomic E-state index is 6.08. The van der Waals surface area contributed by atoms with Gasteiger partial charge in [0.2, 0.25) is 0 Å². The van der Waals surface area contributed by atoms with Crippen LogP contribution in [0.1, 0.15) is 5.56 Å². The molecular formula is C14H12BrClN2OS. The Balaban J connectivity index is 2.40. The molecule has 2 aromatic rings. The van der Waals surface area contributed by atoms with Crippen molar-refractivity contribution >= 4 is 56.1 Å². The van der Waals surface area contributed by atoms with Gasteiger partial charge in [0, 0.05) is 21.8 Å². The van der Waals surface area contributed by atoms with Gasteiger partial charge in [0.05, 0.1) is 17.8 Å². The van der Waals surface area contributed by atoms with Gasteiger partial charge in [0.15, 0.2) is 0 Å². The molecule has 6 heteroatoms. The first-order valence-corrected chi connectivity index (χ1v) is 7.29. The summed E-state index contributed by atoms with van der Waals surface area (Å²) < 4.78 is 6.05. The first-order valence-electron chi connectivity index (χ1n) is 5.71. The number of ether oxygens (including phenoxy) is 1. The van der Waals surface area contributed by atoms with E-state index in [1.807, 2.05) is 36.4 Å². The van der Waals surface area contributed by atoms with Crippen LogP contribution in [0.25, 0.3) is 0 Å². The number of nitrogens with one attached hydrogen (secondary N) is 1. The Hall–Kier alpha value is -1.30. The molecule has 104 valence electrons. The van der Waals surface area contributed by atoms with Crippen LogP contribution >= 0.6 is 39.7 Å². The maximum Gasteiger partial charge on any atom is 0.120 e. The van der Waals surface area contributed by atoms with E-state index in [0.29, 0.717) is 10.0 Å². The zero-order valence-electron chi connectivity index (χ0n) is 10.6. The van der Waals surface area contributed by atoms with E-state index < -0.39 is 0 Å². The second kappa shape index (κ2) is 6.43. The van der Waals surface area contributed by atoms with Crippen molar-refractivity contribution in [2.24, 2.45) is 5.73 Å². The molecule has 0 amide bonds. The van der Waals surface area contributed by atoms with Gasteiger partial charge >= 0.3 is 0 Å². The number of benzene rings is 2. The topological polar surface area (TPSA) is 47.3 Å². The minimum Gasteiger partial charge on any atom is -0.497 e. The summed E-state index contributed by atoms with van der Waals surface area (Å²) in [6.07, 6.45) is 0. The number of hydrogen-bond donors (Lipinski definition) is 2. The summed E-state index contributed by atoms with van der Waals surface area (Å²) in [6.45, 7) is 0. The molecule has 0 atom stereocenters. The fourth-order valence-electron chi connectivity index (χ4n) is 1.70. The van der Waals surface area contributed by atoms with Gasteiger partial charge in [-0.15, -0.1) is 0 Å². The molecule has 0 aliphatic carbocycles. The van der Waals surface area contributed by atoms with Crippen LogP contribution in [-0.2, 0) is 0 Å². The summed E-state index contributed by atoms with van der Waals surface area (Å²) in [6, 6.07) is 11.1. The molecule has 2 rings (SSSR count).